The van der Waals surface area contributed by atoms with E-state index < -0.39 is 28.5 Å². The third-order valence-electron chi connectivity index (χ3n) is 5.12. The van der Waals surface area contributed by atoms with E-state index in [4.69, 9.17) is 4.74 Å². The number of carbonyl (C=O) groups excluding carboxylic acids is 3. The zero-order valence-electron chi connectivity index (χ0n) is 17.8. The van der Waals surface area contributed by atoms with E-state index in [1.807, 2.05) is 0 Å². The van der Waals surface area contributed by atoms with Crippen LogP contribution in [-0.4, -0.2) is 50.1 Å². The lowest BCUT2D eigenvalue weighted by Crippen LogP contribution is -2.36. The molecule has 8 nitrogen and oxygen atoms in total. The van der Waals surface area contributed by atoms with Crippen molar-refractivity contribution < 1.29 is 27.5 Å². The molecule has 1 aromatic heterocycles. The maximum Gasteiger partial charge on any atom is 0.306 e. The van der Waals surface area contributed by atoms with Crippen LogP contribution in [0.2, 0.25) is 0 Å². The second-order valence-electron chi connectivity index (χ2n) is 7.55. The zero-order valence-corrected chi connectivity index (χ0v) is 19.5. The van der Waals surface area contributed by atoms with Crippen molar-refractivity contribution in [2.24, 2.45) is 0 Å². The minimum absolute atomic E-state index is 0.0106. The second-order valence-corrected chi connectivity index (χ2v) is 10.4. The molecular formula is C22H26N2O6S2. The number of nitrogens with one attached hydrogen (secondary N) is 1. The number of ether oxygens (including phenoxy) is 1. The maximum absolute atomic E-state index is 13.0. The summed E-state index contributed by atoms with van der Waals surface area (Å²) >= 11 is 1.30. The SMILES string of the molecule is Cc1ccc(NC(=O)COC(=O)CCC(=O)c2cccs2)cc1S(=O)(=O)N1CCCCC1. The standard InChI is InChI=1S/C22H26N2O6S2/c1-16-7-8-17(14-20(16)32(28,29)24-11-3-2-4-12-24)23-21(26)15-30-22(27)10-9-18(25)19-6-5-13-31-19/h5-8,13-14H,2-4,9-12,15H2,1H3,(H,23,26). The number of thiophene rings is 1. The summed E-state index contributed by atoms with van der Waals surface area (Å²) in [5, 5.41) is 4.34. The summed E-state index contributed by atoms with van der Waals surface area (Å²) in [6.07, 6.45) is 2.57. The van der Waals surface area contributed by atoms with Gasteiger partial charge >= 0.3 is 5.97 Å². The van der Waals surface area contributed by atoms with Crippen LogP contribution in [-0.2, 0) is 24.3 Å². The highest BCUT2D eigenvalue weighted by atomic mass is 32.2. The molecule has 0 unspecified atom stereocenters. The summed E-state index contributed by atoms with van der Waals surface area (Å²) in [6, 6.07) is 8.11. The number of amides is 1. The molecule has 1 aliphatic heterocycles. The van der Waals surface area contributed by atoms with E-state index in [2.05, 4.69) is 5.32 Å². The second kappa shape index (κ2) is 10.8. The van der Waals surface area contributed by atoms with Gasteiger partial charge in [0.2, 0.25) is 10.0 Å². The van der Waals surface area contributed by atoms with Crippen molar-refractivity contribution in [2.45, 2.75) is 43.9 Å². The molecule has 1 N–H and O–H groups in total. The van der Waals surface area contributed by atoms with E-state index >= 15 is 0 Å². The van der Waals surface area contributed by atoms with Crippen LogP contribution in [0, 0.1) is 6.92 Å². The summed E-state index contributed by atoms with van der Waals surface area (Å²) in [6.45, 7) is 2.17. The predicted molar refractivity (Wildman–Crippen MR) is 121 cm³/mol. The van der Waals surface area contributed by atoms with E-state index in [1.165, 1.54) is 21.7 Å². The van der Waals surface area contributed by atoms with Crippen LogP contribution >= 0.6 is 11.3 Å². The molecule has 0 saturated carbocycles. The third kappa shape index (κ3) is 6.24. The normalized spacial score (nSPS) is 14.7. The molecule has 1 fully saturated rings. The Balaban J connectivity index is 1.53. The molecule has 0 bridgehead atoms. The highest BCUT2D eigenvalue weighted by Gasteiger charge is 2.27. The summed E-state index contributed by atoms with van der Waals surface area (Å²) in [4.78, 5) is 36.7. The molecule has 1 aliphatic rings. The number of benzene rings is 1. The van der Waals surface area contributed by atoms with Crippen LogP contribution in [0.25, 0.3) is 0 Å². The van der Waals surface area contributed by atoms with Gasteiger partial charge in [0.1, 0.15) is 0 Å². The molecule has 1 aromatic carbocycles. The molecule has 0 spiro atoms. The molecule has 1 saturated heterocycles. The van der Waals surface area contributed by atoms with Gasteiger partial charge in [0, 0.05) is 25.2 Å². The van der Waals surface area contributed by atoms with Crippen molar-refractivity contribution in [3.63, 3.8) is 0 Å². The van der Waals surface area contributed by atoms with Crippen LogP contribution in [0.3, 0.4) is 0 Å². The minimum Gasteiger partial charge on any atom is -0.456 e. The Bertz CT molecular complexity index is 1070. The largest absolute Gasteiger partial charge is 0.456 e. The summed E-state index contributed by atoms with van der Waals surface area (Å²) < 4.78 is 32.4. The lowest BCUT2D eigenvalue weighted by molar-refractivity contribution is -0.147. The molecule has 172 valence electrons. The number of rotatable bonds is 9. The van der Waals surface area contributed by atoms with Crippen LogP contribution < -0.4 is 5.32 Å². The fourth-order valence-corrected chi connectivity index (χ4v) is 5.85. The molecule has 10 heteroatoms. The summed E-state index contributed by atoms with van der Waals surface area (Å²) in [5.74, 6) is -1.39. The highest BCUT2D eigenvalue weighted by Crippen LogP contribution is 2.26. The van der Waals surface area contributed by atoms with Gasteiger partial charge in [0.05, 0.1) is 16.2 Å². The van der Waals surface area contributed by atoms with Crippen molar-refractivity contribution in [1.82, 2.24) is 4.31 Å². The van der Waals surface area contributed by atoms with E-state index in [0.29, 0.717) is 29.2 Å². The predicted octanol–water partition coefficient (Wildman–Crippen LogP) is 3.38. The van der Waals surface area contributed by atoms with Crippen LogP contribution in [0.1, 0.15) is 47.3 Å². The van der Waals surface area contributed by atoms with Gasteiger partial charge in [0.15, 0.2) is 12.4 Å². The zero-order chi connectivity index (χ0) is 23.1. The van der Waals surface area contributed by atoms with E-state index in [0.717, 1.165) is 19.3 Å². The number of ketones is 1. The summed E-state index contributed by atoms with van der Waals surface area (Å²) in [5.41, 5.74) is 0.899. The number of anilines is 1. The number of hydrogen-bond donors (Lipinski definition) is 1. The number of sulfonamides is 1. The van der Waals surface area contributed by atoms with E-state index in [-0.39, 0.29) is 23.5 Å². The Kier molecular flexibility index (Phi) is 8.16. The highest BCUT2D eigenvalue weighted by molar-refractivity contribution is 7.89. The molecule has 0 atom stereocenters. The molecule has 0 radical (unpaired) electrons. The van der Waals surface area contributed by atoms with Crippen molar-refractivity contribution in [3.8, 4) is 0 Å². The first-order valence-electron chi connectivity index (χ1n) is 10.4. The average molecular weight is 479 g/mol. The smallest absolute Gasteiger partial charge is 0.306 e. The Morgan fingerprint density at radius 2 is 1.84 bits per heavy atom. The van der Waals surface area contributed by atoms with Crippen LogP contribution in [0.5, 0.6) is 0 Å². The number of piperidine rings is 1. The number of hydrogen-bond acceptors (Lipinski definition) is 7. The third-order valence-corrected chi connectivity index (χ3v) is 8.07. The van der Waals surface area contributed by atoms with Gasteiger partial charge in [-0.1, -0.05) is 18.6 Å². The van der Waals surface area contributed by atoms with Gasteiger partial charge in [-0.25, -0.2) is 8.42 Å². The average Bonchev–Trinajstić information content (AvgIpc) is 3.33. The Hall–Kier alpha value is -2.56. The molecule has 1 amide bonds. The fraction of sp³-hybridized carbons (Fsp3) is 0.409. The quantitative estimate of drug-likeness (QED) is 0.437. The molecule has 3 rings (SSSR count). The number of Topliss-reactive ketones (excluding diaryl/α,β-unsaturated/α-hetero) is 1. The number of esters is 1. The Morgan fingerprint density at radius 3 is 2.53 bits per heavy atom. The van der Waals surface area contributed by atoms with Crippen molar-refractivity contribution in [1.29, 1.82) is 0 Å². The molecule has 2 heterocycles. The Morgan fingerprint density at radius 1 is 1.09 bits per heavy atom. The number of carbonyl (C=O) groups is 3. The maximum atomic E-state index is 13.0. The first-order chi connectivity index (χ1) is 15.3. The minimum atomic E-state index is -3.65. The first kappa shape index (κ1) is 24.1. The topological polar surface area (TPSA) is 110 Å². The molecule has 0 aliphatic carbocycles. The lowest BCUT2D eigenvalue weighted by Gasteiger charge is -2.26. The van der Waals surface area contributed by atoms with Gasteiger partial charge in [-0.2, -0.15) is 4.31 Å². The van der Waals surface area contributed by atoms with E-state index in [9.17, 15) is 22.8 Å². The van der Waals surface area contributed by atoms with Crippen molar-refractivity contribution in [3.05, 3.63) is 46.2 Å². The summed E-state index contributed by atoms with van der Waals surface area (Å²) in [7, 11) is -3.65. The van der Waals surface area contributed by atoms with Gasteiger partial charge in [-0.15, -0.1) is 11.3 Å². The number of aryl methyl sites for hydroxylation is 1. The first-order valence-corrected chi connectivity index (χ1v) is 12.7. The fourth-order valence-electron chi connectivity index (χ4n) is 3.39. The van der Waals surface area contributed by atoms with Crippen LogP contribution in [0.4, 0.5) is 5.69 Å². The van der Waals surface area contributed by atoms with Crippen LogP contribution in [0.15, 0.2) is 40.6 Å². The molecular weight excluding hydrogens is 452 g/mol. The number of nitrogens with zero attached hydrogens (tertiary/aromatic N) is 1. The van der Waals surface area contributed by atoms with E-state index in [1.54, 1.807) is 36.6 Å². The van der Waals surface area contributed by atoms with Crippen molar-refractivity contribution >= 4 is 44.7 Å². The molecule has 32 heavy (non-hydrogen) atoms. The molecule has 2 aromatic rings. The Labute approximate surface area is 191 Å². The van der Waals surface area contributed by atoms with Gasteiger partial charge < -0.3 is 10.1 Å². The van der Waals surface area contributed by atoms with Gasteiger partial charge in [0.25, 0.3) is 5.91 Å². The van der Waals surface area contributed by atoms with Gasteiger partial charge in [-0.3, -0.25) is 14.4 Å². The van der Waals surface area contributed by atoms with Crippen molar-refractivity contribution in [2.75, 3.05) is 25.0 Å². The lowest BCUT2D eigenvalue weighted by atomic mass is 10.2. The van der Waals surface area contributed by atoms with Gasteiger partial charge in [-0.05, 0) is 48.9 Å². The monoisotopic (exact) mass is 478 g/mol.